The predicted molar refractivity (Wildman–Crippen MR) is 43.9 cm³/mol. The molecule has 0 N–H and O–H groups in total. The third-order valence-electron chi connectivity index (χ3n) is 1.76. The molecule has 0 aliphatic carbocycles. The zero-order valence-corrected chi connectivity index (χ0v) is 7.67. The zero-order chi connectivity index (χ0) is 11.6. The first kappa shape index (κ1) is 11.2. The van der Waals surface area contributed by atoms with Crippen LogP contribution >= 0.6 is 0 Å². The van der Waals surface area contributed by atoms with Crippen molar-refractivity contribution >= 4 is 0 Å². The van der Waals surface area contributed by atoms with Crippen LogP contribution in [0.2, 0.25) is 0 Å². The first-order valence-corrected chi connectivity index (χ1v) is 3.98. The first-order chi connectivity index (χ1) is 6.91. The molecule has 0 saturated carbocycles. The number of rotatable bonds is 1. The van der Waals surface area contributed by atoms with Crippen LogP contribution in [0.5, 0.6) is 0 Å². The summed E-state index contributed by atoms with van der Waals surface area (Å²) in [6.45, 7) is 1.73. The lowest BCUT2D eigenvalue weighted by atomic mass is 10.2. The van der Waals surface area contributed by atoms with E-state index in [4.69, 9.17) is 5.26 Å². The molecule has 80 valence electrons. The van der Waals surface area contributed by atoms with Crippen LogP contribution in [0.3, 0.4) is 0 Å². The summed E-state index contributed by atoms with van der Waals surface area (Å²) in [5, 5.41) is 8.48. The Labute approximate surface area is 82.6 Å². The molecule has 0 saturated heterocycles. The molecule has 0 bridgehead atoms. The van der Waals surface area contributed by atoms with Crippen molar-refractivity contribution in [1.82, 2.24) is 9.55 Å². The highest BCUT2D eigenvalue weighted by Crippen LogP contribution is 2.28. The van der Waals surface area contributed by atoms with Gasteiger partial charge in [-0.3, -0.25) is 9.36 Å². The SMILES string of the molecule is CCn1cnc(C(F)(F)F)c(C#N)c1=O. The second kappa shape index (κ2) is 3.73. The summed E-state index contributed by atoms with van der Waals surface area (Å²) < 4.78 is 37.8. The van der Waals surface area contributed by atoms with Gasteiger partial charge in [-0.1, -0.05) is 0 Å². The molecule has 1 heterocycles. The molecule has 1 aromatic rings. The van der Waals surface area contributed by atoms with Crippen LogP contribution in [-0.2, 0) is 12.7 Å². The quantitative estimate of drug-likeness (QED) is 0.709. The Balaban J connectivity index is 3.54. The van der Waals surface area contributed by atoms with E-state index in [0.29, 0.717) is 0 Å². The lowest BCUT2D eigenvalue weighted by molar-refractivity contribution is -0.141. The summed E-state index contributed by atoms with van der Waals surface area (Å²) in [6, 6.07) is 1.23. The molecular weight excluding hydrogens is 211 g/mol. The number of aromatic nitrogens is 2. The van der Waals surface area contributed by atoms with E-state index in [1.165, 1.54) is 6.07 Å². The lowest BCUT2D eigenvalue weighted by Gasteiger charge is -2.08. The maximum absolute atomic E-state index is 12.3. The fourth-order valence-corrected chi connectivity index (χ4v) is 1.03. The summed E-state index contributed by atoms with van der Waals surface area (Å²) in [5.41, 5.74) is -3.37. The molecule has 1 aromatic heterocycles. The van der Waals surface area contributed by atoms with Gasteiger partial charge < -0.3 is 0 Å². The molecule has 0 radical (unpaired) electrons. The number of aryl methyl sites for hydroxylation is 1. The van der Waals surface area contributed by atoms with Gasteiger partial charge in [0.15, 0.2) is 5.69 Å². The molecule has 0 spiro atoms. The van der Waals surface area contributed by atoms with Crippen molar-refractivity contribution in [2.45, 2.75) is 19.6 Å². The van der Waals surface area contributed by atoms with E-state index in [9.17, 15) is 18.0 Å². The highest BCUT2D eigenvalue weighted by Gasteiger charge is 2.37. The summed E-state index contributed by atoms with van der Waals surface area (Å²) in [5.74, 6) is 0. The van der Waals surface area contributed by atoms with Crippen molar-refractivity contribution in [2.75, 3.05) is 0 Å². The van der Waals surface area contributed by atoms with E-state index in [2.05, 4.69) is 4.98 Å². The van der Waals surface area contributed by atoms with Crippen LogP contribution in [0.1, 0.15) is 18.2 Å². The summed E-state index contributed by atoms with van der Waals surface area (Å²) >= 11 is 0. The Morgan fingerprint density at radius 2 is 2.20 bits per heavy atom. The van der Waals surface area contributed by atoms with Crippen LogP contribution < -0.4 is 5.56 Å². The van der Waals surface area contributed by atoms with Crippen molar-refractivity contribution in [3.63, 3.8) is 0 Å². The Kier molecular flexibility index (Phi) is 2.79. The molecule has 4 nitrogen and oxygen atoms in total. The summed E-state index contributed by atoms with van der Waals surface area (Å²) in [7, 11) is 0. The molecule has 0 amide bonds. The molecule has 7 heteroatoms. The topological polar surface area (TPSA) is 58.7 Å². The van der Waals surface area contributed by atoms with Gasteiger partial charge in [0.25, 0.3) is 5.56 Å². The van der Waals surface area contributed by atoms with Crippen molar-refractivity contribution in [2.24, 2.45) is 0 Å². The minimum Gasteiger partial charge on any atom is -0.298 e. The number of hydrogen-bond acceptors (Lipinski definition) is 3. The molecule has 1 rings (SSSR count). The van der Waals surface area contributed by atoms with Crippen LogP contribution in [0, 0.1) is 11.3 Å². The molecule has 0 unspecified atom stereocenters. The Hall–Kier alpha value is -1.84. The normalized spacial score (nSPS) is 11.1. The lowest BCUT2D eigenvalue weighted by Crippen LogP contribution is -2.27. The van der Waals surface area contributed by atoms with Gasteiger partial charge in [0.1, 0.15) is 11.6 Å². The summed E-state index contributed by atoms with van der Waals surface area (Å²) in [6.07, 6.45) is -4.00. The van der Waals surface area contributed by atoms with E-state index in [0.717, 1.165) is 10.9 Å². The molecule has 0 aromatic carbocycles. The van der Waals surface area contributed by atoms with Crippen molar-refractivity contribution in [3.8, 4) is 6.07 Å². The molecule has 0 atom stereocenters. The van der Waals surface area contributed by atoms with Crippen molar-refractivity contribution < 1.29 is 13.2 Å². The molecule has 0 aliphatic rings. The maximum atomic E-state index is 12.3. The van der Waals surface area contributed by atoms with Crippen LogP contribution in [-0.4, -0.2) is 9.55 Å². The van der Waals surface area contributed by atoms with Gasteiger partial charge in [0.05, 0.1) is 6.33 Å². The average molecular weight is 217 g/mol. The third-order valence-corrected chi connectivity index (χ3v) is 1.76. The Bertz CT molecular complexity index is 469. The van der Waals surface area contributed by atoms with Gasteiger partial charge in [-0.2, -0.15) is 18.4 Å². The smallest absolute Gasteiger partial charge is 0.298 e. The van der Waals surface area contributed by atoms with E-state index in [1.807, 2.05) is 0 Å². The fourth-order valence-electron chi connectivity index (χ4n) is 1.03. The number of nitriles is 1. The van der Waals surface area contributed by atoms with Gasteiger partial charge in [0, 0.05) is 6.54 Å². The van der Waals surface area contributed by atoms with Gasteiger partial charge in [-0.15, -0.1) is 0 Å². The highest BCUT2D eigenvalue weighted by atomic mass is 19.4. The molecule has 0 aliphatic heterocycles. The Morgan fingerprint density at radius 1 is 1.60 bits per heavy atom. The predicted octanol–water partition coefficient (Wildman–Crippen LogP) is 1.15. The number of nitrogens with zero attached hydrogens (tertiary/aromatic N) is 3. The van der Waals surface area contributed by atoms with Gasteiger partial charge >= 0.3 is 6.18 Å². The minimum absolute atomic E-state index is 0.165. The van der Waals surface area contributed by atoms with Crippen LogP contribution in [0.25, 0.3) is 0 Å². The highest BCUT2D eigenvalue weighted by molar-refractivity contribution is 5.32. The van der Waals surface area contributed by atoms with Crippen LogP contribution in [0.15, 0.2) is 11.1 Å². The van der Waals surface area contributed by atoms with E-state index < -0.39 is 23.0 Å². The number of hydrogen-bond donors (Lipinski definition) is 0. The second-order valence-corrected chi connectivity index (χ2v) is 2.67. The maximum Gasteiger partial charge on any atom is 0.434 e. The average Bonchev–Trinajstić information content (AvgIpc) is 2.15. The van der Waals surface area contributed by atoms with Gasteiger partial charge in [-0.05, 0) is 6.92 Å². The second-order valence-electron chi connectivity index (χ2n) is 2.67. The standard InChI is InChI=1S/C8H6F3N3O/c1-2-14-4-13-6(8(9,10)11)5(3-12)7(14)15/h4H,2H2,1H3. The molecular formula is C8H6F3N3O. The third kappa shape index (κ3) is 1.98. The van der Waals surface area contributed by atoms with Crippen molar-refractivity contribution in [3.05, 3.63) is 27.9 Å². The largest absolute Gasteiger partial charge is 0.434 e. The van der Waals surface area contributed by atoms with Crippen LogP contribution in [0.4, 0.5) is 13.2 Å². The van der Waals surface area contributed by atoms with Gasteiger partial charge in [-0.25, -0.2) is 4.98 Å². The van der Waals surface area contributed by atoms with Gasteiger partial charge in [0.2, 0.25) is 0 Å². The number of halogens is 3. The fraction of sp³-hybridized carbons (Fsp3) is 0.375. The first-order valence-electron chi connectivity index (χ1n) is 3.98. The molecule has 15 heavy (non-hydrogen) atoms. The summed E-state index contributed by atoms with van der Waals surface area (Å²) in [4.78, 5) is 14.4. The minimum atomic E-state index is -4.78. The van der Waals surface area contributed by atoms with E-state index in [-0.39, 0.29) is 6.54 Å². The van der Waals surface area contributed by atoms with E-state index >= 15 is 0 Å². The monoisotopic (exact) mass is 217 g/mol. The zero-order valence-electron chi connectivity index (χ0n) is 7.67. The number of alkyl halides is 3. The molecule has 0 fully saturated rings. The Morgan fingerprint density at radius 3 is 2.60 bits per heavy atom. The van der Waals surface area contributed by atoms with E-state index in [1.54, 1.807) is 6.92 Å². The van der Waals surface area contributed by atoms with Crippen molar-refractivity contribution in [1.29, 1.82) is 5.26 Å².